The van der Waals surface area contributed by atoms with Crippen LogP contribution in [0.2, 0.25) is 0 Å². The lowest BCUT2D eigenvalue weighted by molar-refractivity contribution is 0.0853. The van der Waals surface area contributed by atoms with Crippen LogP contribution in [0.15, 0.2) is 0 Å². The van der Waals surface area contributed by atoms with Gasteiger partial charge in [-0.05, 0) is 6.92 Å². The lowest BCUT2D eigenvalue weighted by Gasteiger charge is -2.13. The van der Waals surface area contributed by atoms with Crippen molar-refractivity contribution in [2.45, 2.75) is 19.1 Å². The van der Waals surface area contributed by atoms with Crippen molar-refractivity contribution >= 4 is 6.09 Å². The lowest BCUT2D eigenvalue weighted by Crippen LogP contribution is -2.31. The van der Waals surface area contributed by atoms with E-state index in [0.29, 0.717) is 0 Å². The fourth-order valence-corrected chi connectivity index (χ4v) is 0.917. The van der Waals surface area contributed by atoms with E-state index in [1.54, 1.807) is 7.05 Å². The summed E-state index contributed by atoms with van der Waals surface area (Å²) in [4.78, 5) is 12.2. The molecule has 0 aliphatic carbocycles. The summed E-state index contributed by atoms with van der Waals surface area (Å²) in [6.07, 6.45) is -0.705. The Morgan fingerprint density at radius 1 is 1.80 bits per heavy atom. The number of hydrogen-bond donors (Lipinski definition) is 1. The highest BCUT2D eigenvalue weighted by Crippen LogP contribution is 2.15. The first kappa shape index (κ1) is 7.34. The molecule has 0 spiro atoms. The normalized spacial score (nSPS) is 32.7. The Morgan fingerprint density at radius 3 is 2.60 bits per heavy atom. The summed E-state index contributed by atoms with van der Waals surface area (Å²) in [6, 6.07) is -0.0162. The van der Waals surface area contributed by atoms with Crippen molar-refractivity contribution in [1.82, 2.24) is 4.90 Å². The summed E-state index contributed by atoms with van der Waals surface area (Å²) in [5.74, 6) is 0. The van der Waals surface area contributed by atoms with Crippen molar-refractivity contribution in [3.63, 3.8) is 0 Å². The molecule has 4 heteroatoms. The number of likely N-dealkylation sites (N-methyl/N-ethyl adjacent to an activating group) is 1. The fourth-order valence-electron chi connectivity index (χ4n) is 0.917. The number of carbonyl (C=O) groups excluding carboxylic acids is 1. The van der Waals surface area contributed by atoms with Gasteiger partial charge in [-0.2, -0.15) is 0 Å². The Kier molecular flexibility index (Phi) is 1.80. The molecule has 1 aliphatic rings. The van der Waals surface area contributed by atoms with Gasteiger partial charge in [0.2, 0.25) is 0 Å². The molecular weight excluding hydrogens is 134 g/mol. The Labute approximate surface area is 59.4 Å². The van der Waals surface area contributed by atoms with Gasteiger partial charge in [0.05, 0.1) is 12.6 Å². The van der Waals surface area contributed by atoms with E-state index in [0.717, 1.165) is 0 Å². The molecule has 0 aromatic rings. The van der Waals surface area contributed by atoms with Crippen LogP contribution in [0.25, 0.3) is 0 Å². The molecule has 1 saturated heterocycles. The molecule has 1 aliphatic heterocycles. The monoisotopic (exact) mass is 145 g/mol. The number of cyclic esters (lactones) is 1. The maximum Gasteiger partial charge on any atom is 0.410 e. The third-order valence-electron chi connectivity index (χ3n) is 1.87. The van der Waals surface area contributed by atoms with E-state index in [9.17, 15) is 4.79 Å². The van der Waals surface area contributed by atoms with E-state index in [2.05, 4.69) is 0 Å². The van der Waals surface area contributed by atoms with Crippen LogP contribution < -0.4 is 0 Å². The van der Waals surface area contributed by atoms with Crippen LogP contribution in [-0.2, 0) is 4.74 Å². The zero-order chi connectivity index (χ0) is 7.72. The van der Waals surface area contributed by atoms with Gasteiger partial charge in [0.15, 0.2) is 0 Å². The number of aliphatic hydroxyl groups excluding tert-OH is 1. The largest absolute Gasteiger partial charge is 0.441 e. The highest BCUT2D eigenvalue weighted by atomic mass is 16.6. The summed E-state index contributed by atoms with van der Waals surface area (Å²) in [6.45, 7) is 1.74. The van der Waals surface area contributed by atoms with Gasteiger partial charge in [0.25, 0.3) is 0 Å². The Bertz CT molecular complexity index is 148. The first-order chi connectivity index (χ1) is 4.66. The van der Waals surface area contributed by atoms with Gasteiger partial charge in [0.1, 0.15) is 6.10 Å². The molecular formula is C6H11NO3. The maximum atomic E-state index is 10.7. The number of amides is 1. The van der Waals surface area contributed by atoms with Crippen molar-refractivity contribution in [3.05, 3.63) is 0 Å². The van der Waals surface area contributed by atoms with Crippen molar-refractivity contribution in [3.8, 4) is 0 Å². The van der Waals surface area contributed by atoms with Crippen LogP contribution in [-0.4, -0.2) is 41.9 Å². The van der Waals surface area contributed by atoms with E-state index in [1.807, 2.05) is 6.92 Å². The quantitative estimate of drug-likeness (QED) is 0.556. The molecule has 4 nitrogen and oxygen atoms in total. The van der Waals surface area contributed by atoms with Gasteiger partial charge in [-0.25, -0.2) is 4.79 Å². The van der Waals surface area contributed by atoms with Gasteiger partial charge in [-0.3, -0.25) is 0 Å². The van der Waals surface area contributed by atoms with Crippen molar-refractivity contribution < 1.29 is 14.6 Å². The average molecular weight is 145 g/mol. The van der Waals surface area contributed by atoms with Crippen LogP contribution in [0.1, 0.15) is 6.92 Å². The van der Waals surface area contributed by atoms with Gasteiger partial charge in [-0.1, -0.05) is 0 Å². The van der Waals surface area contributed by atoms with E-state index in [-0.39, 0.29) is 24.8 Å². The van der Waals surface area contributed by atoms with Crippen LogP contribution in [0.4, 0.5) is 4.79 Å². The van der Waals surface area contributed by atoms with Crippen molar-refractivity contribution in [1.29, 1.82) is 0 Å². The lowest BCUT2D eigenvalue weighted by atomic mass is 10.2. The van der Waals surface area contributed by atoms with E-state index in [4.69, 9.17) is 9.84 Å². The zero-order valence-electron chi connectivity index (χ0n) is 6.07. The number of ether oxygens (including phenoxy) is 1. The second kappa shape index (κ2) is 2.46. The van der Waals surface area contributed by atoms with Crippen LogP contribution >= 0.6 is 0 Å². The fraction of sp³-hybridized carbons (Fsp3) is 0.833. The minimum Gasteiger partial charge on any atom is -0.441 e. The van der Waals surface area contributed by atoms with Gasteiger partial charge < -0.3 is 14.7 Å². The average Bonchev–Trinajstić information content (AvgIpc) is 2.17. The second-order valence-corrected chi connectivity index (χ2v) is 2.46. The van der Waals surface area contributed by atoms with Crippen molar-refractivity contribution in [2.75, 3.05) is 13.7 Å². The molecule has 1 amide bonds. The second-order valence-electron chi connectivity index (χ2n) is 2.46. The van der Waals surface area contributed by atoms with Crippen LogP contribution in [0, 0.1) is 0 Å². The molecule has 1 fully saturated rings. The molecule has 58 valence electrons. The number of hydrogen-bond acceptors (Lipinski definition) is 3. The minimum atomic E-state index is -0.355. The SMILES string of the molecule is C[C@H]1[C@H](CO)OC(=O)N1C. The van der Waals surface area contributed by atoms with Gasteiger partial charge in [-0.15, -0.1) is 0 Å². The number of aliphatic hydroxyl groups is 1. The summed E-state index contributed by atoms with van der Waals surface area (Å²) >= 11 is 0. The first-order valence-electron chi connectivity index (χ1n) is 3.21. The van der Waals surface area contributed by atoms with Crippen molar-refractivity contribution in [2.24, 2.45) is 0 Å². The third kappa shape index (κ3) is 0.945. The predicted molar refractivity (Wildman–Crippen MR) is 34.6 cm³/mol. The molecule has 1 rings (SSSR count). The zero-order valence-corrected chi connectivity index (χ0v) is 6.07. The minimum absolute atomic E-state index is 0.0162. The molecule has 2 atom stereocenters. The molecule has 0 aromatic heterocycles. The molecule has 1 N–H and O–H groups in total. The number of rotatable bonds is 1. The van der Waals surface area contributed by atoms with Crippen LogP contribution in [0.5, 0.6) is 0 Å². The first-order valence-corrected chi connectivity index (χ1v) is 3.21. The third-order valence-corrected chi connectivity index (χ3v) is 1.87. The molecule has 0 radical (unpaired) electrons. The Morgan fingerprint density at radius 2 is 2.40 bits per heavy atom. The topological polar surface area (TPSA) is 49.8 Å². The summed E-state index contributed by atoms with van der Waals surface area (Å²) in [5.41, 5.74) is 0. The summed E-state index contributed by atoms with van der Waals surface area (Å²) in [5, 5.41) is 8.67. The summed E-state index contributed by atoms with van der Waals surface area (Å²) in [7, 11) is 1.66. The maximum absolute atomic E-state index is 10.7. The molecule has 1 heterocycles. The Balaban J connectivity index is 2.61. The summed E-state index contributed by atoms with van der Waals surface area (Å²) < 4.78 is 4.77. The number of nitrogens with zero attached hydrogens (tertiary/aromatic N) is 1. The number of carbonyl (C=O) groups is 1. The highest BCUT2D eigenvalue weighted by molar-refractivity contribution is 5.70. The van der Waals surface area contributed by atoms with E-state index < -0.39 is 0 Å². The molecule has 0 saturated carbocycles. The molecule has 0 aromatic carbocycles. The highest BCUT2D eigenvalue weighted by Gasteiger charge is 2.35. The Hall–Kier alpha value is -0.770. The predicted octanol–water partition coefficient (Wildman–Crippen LogP) is -0.182. The smallest absolute Gasteiger partial charge is 0.410 e. The van der Waals surface area contributed by atoms with Gasteiger partial charge >= 0.3 is 6.09 Å². The molecule has 10 heavy (non-hydrogen) atoms. The van der Waals surface area contributed by atoms with E-state index in [1.165, 1.54) is 4.90 Å². The van der Waals surface area contributed by atoms with Gasteiger partial charge in [0, 0.05) is 7.05 Å². The van der Waals surface area contributed by atoms with Crippen LogP contribution in [0.3, 0.4) is 0 Å². The van der Waals surface area contributed by atoms with E-state index >= 15 is 0 Å². The molecule has 0 bridgehead atoms. The standard InChI is InChI=1S/C6H11NO3/c1-4-5(3-8)10-6(9)7(4)2/h4-5,8H,3H2,1-2H3/t4-,5-/m0/s1. The molecule has 0 unspecified atom stereocenters.